The number of hydrogen-bond acceptors (Lipinski definition) is 4. The van der Waals surface area contributed by atoms with E-state index in [1.165, 1.54) is 0 Å². The normalized spacial score (nSPS) is 10.9. The zero-order chi connectivity index (χ0) is 14.1. The average Bonchev–Trinajstić information content (AvgIpc) is 2.77. The molecule has 0 spiro atoms. The summed E-state index contributed by atoms with van der Waals surface area (Å²) < 4.78 is 7.75. The number of ether oxygens (including phenoxy) is 1. The number of aryl methyl sites for hydroxylation is 1. The Bertz CT molecular complexity index is 804. The van der Waals surface area contributed by atoms with Gasteiger partial charge in [0, 0.05) is 18.0 Å². The van der Waals surface area contributed by atoms with Crippen molar-refractivity contribution in [2.24, 2.45) is 0 Å². The van der Waals surface area contributed by atoms with Gasteiger partial charge in [0.25, 0.3) is 0 Å². The molecule has 5 nitrogen and oxygen atoms in total. The fraction of sp³-hybridized carbons (Fsp3) is 0.214. The number of hydrogen-bond donors (Lipinski definition) is 1. The van der Waals surface area contributed by atoms with Gasteiger partial charge in [-0.3, -0.25) is 9.55 Å². The van der Waals surface area contributed by atoms with Gasteiger partial charge in [0.05, 0.1) is 19.2 Å². The number of methoxy groups -OCH3 is 1. The van der Waals surface area contributed by atoms with Crippen LogP contribution in [0.1, 0.15) is 11.3 Å². The highest BCUT2D eigenvalue weighted by atomic mass is 32.1. The van der Waals surface area contributed by atoms with Crippen molar-refractivity contribution in [2.75, 3.05) is 7.11 Å². The van der Waals surface area contributed by atoms with Gasteiger partial charge in [0.15, 0.2) is 10.4 Å². The number of pyridine rings is 2. The number of rotatable bonds is 3. The third-order valence-corrected chi connectivity index (χ3v) is 3.44. The van der Waals surface area contributed by atoms with Crippen LogP contribution in [0, 0.1) is 11.7 Å². The highest BCUT2D eigenvalue weighted by Gasteiger charge is 2.08. The van der Waals surface area contributed by atoms with Crippen LogP contribution in [-0.2, 0) is 6.54 Å². The van der Waals surface area contributed by atoms with Crippen LogP contribution in [0.5, 0.6) is 5.88 Å². The van der Waals surface area contributed by atoms with Crippen molar-refractivity contribution in [1.82, 2.24) is 19.5 Å². The summed E-state index contributed by atoms with van der Waals surface area (Å²) in [4.78, 5) is 11.9. The molecule has 0 aromatic carbocycles. The van der Waals surface area contributed by atoms with Crippen LogP contribution < -0.4 is 4.74 Å². The number of fused-ring (bicyclic) bond motifs is 1. The second kappa shape index (κ2) is 5.05. The Labute approximate surface area is 121 Å². The van der Waals surface area contributed by atoms with Gasteiger partial charge in [-0.05, 0) is 36.8 Å². The molecule has 3 aromatic heterocycles. The number of aromatic nitrogens is 4. The van der Waals surface area contributed by atoms with E-state index < -0.39 is 0 Å². The van der Waals surface area contributed by atoms with Crippen molar-refractivity contribution in [3.05, 3.63) is 46.5 Å². The summed E-state index contributed by atoms with van der Waals surface area (Å²) in [7, 11) is 1.60. The highest BCUT2D eigenvalue weighted by molar-refractivity contribution is 7.71. The van der Waals surface area contributed by atoms with Crippen molar-refractivity contribution in [2.45, 2.75) is 13.5 Å². The SMILES string of the molecule is COc1ccc2[nH]c(=S)n(Cc3ccc(C)nc3)c2n1. The van der Waals surface area contributed by atoms with E-state index in [4.69, 9.17) is 17.0 Å². The Morgan fingerprint density at radius 3 is 2.85 bits per heavy atom. The van der Waals surface area contributed by atoms with E-state index in [9.17, 15) is 0 Å². The first-order valence-corrected chi connectivity index (χ1v) is 6.63. The monoisotopic (exact) mass is 286 g/mol. The van der Waals surface area contributed by atoms with Gasteiger partial charge in [-0.1, -0.05) is 6.07 Å². The van der Waals surface area contributed by atoms with E-state index in [1.54, 1.807) is 7.11 Å². The fourth-order valence-corrected chi connectivity index (χ4v) is 2.31. The van der Waals surface area contributed by atoms with Crippen LogP contribution in [0.25, 0.3) is 11.2 Å². The number of aromatic amines is 1. The Kier molecular flexibility index (Phi) is 3.23. The zero-order valence-electron chi connectivity index (χ0n) is 11.3. The van der Waals surface area contributed by atoms with Crippen LogP contribution in [-0.4, -0.2) is 26.6 Å². The first-order chi connectivity index (χ1) is 9.67. The Morgan fingerprint density at radius 2 is 2.15 bits per heavy atom. The molecule has 3 rings (SSSR count). The maximum Gasteiger partial charge on any atom is 0.215 e. The summed E-state index contributed by atoms with van der Waals surface area (Å²) in [6.45, 7) is 2.60. The lowest BCUT2D eigenvalue weighted by Gasteiger charge is -2.05. The average molecular weight is 286 g/mol. The van der Waals surface area contributed by atoms with Gasteiger partial charge in [0.1, 0.15) is 0 Å². The van der Waals surface area contributed by atoms with Crippen molar-refractivity contribution in [1.29, 1.82) is 0 Å². The van der Waals surface area contributed by atoms with Gasteiger partial charge in [-0.15, -0.1) is 0 Å². The van der Waals surface area contributed by atoms with Gasteiger partial charge >= 0.3 is 0 Å². The number of imidazole rings is 1. The van der Waals surface area contributed by atoms with Crippen molar-refractivity contribution in [3.8, 4) is 5.88 Å². The molecule has 0 unspecified atom stereocenters. The third-order valence-electron chi connectivity index (χ3n) is 3.11. The largest absolute Gasteiger partial charge is 0.481 e. The molecule has 0 amide bonds. The molecule has 20 heavy (non-hydrogen) atoms. The molecule has 1 N–H and O–H groups in total. The van der Waals surface area contributed by atoms with Gasteiger partial charge < -0.3 is 9.72 Å². The Morgan fingerprint density at radius 1 is 1.30 bits per heavy atom. The molecule has 0 radical (unpaired) electrons. The molecule has 0 saturated carbocycles. The Balaban J connectivity index is 2.08. The van der Waals surface area contributed by atoms with Crippen molar-refractivity contribution in [3.63, 3.8) is 0 Å². The minimum Gasteiger partial charge on any atom is -0.481 e. The van der Waals surface area contributed by atoms with Gasteiger partial charge in [-0.25, -0.2) is 0 Å². The molecule has 0 fully saturated rings. The summed E-state index contributed by atoms with van der Waals surface area (Å²) in [6, 6.07) is 7.76. The quantitative estimate of drug-likeness (QED) is 0.752. The van der Waals surface area contributed by atoms with E-state index in [1.807, 2.05) is 42.0 Å². The molecule has 0 saturated heterocycles. The second-order valence-electron chi connectivity index (χ2n) is 4.55. The first-order valence-electron chi connectivity index (χ1n) is 6.22. The van der Waals surface area contributed by atoms with Gasteiger partial charge in [0.2, 0.25) is 5.88 Å². The van der Waals surface area contributed by atoms with Crippen LogP contribution in [0.15, 0.2) is 30.5 Å². The molecular weight excluding hydrogens is 272 g/mol. The van der Waals surface area contributed by atoms with Crippen LogP contribution in [0.3, 0.4) is 0 Å². The second-order valence-corrected chi connectivity index (χ2v) is 4.94. The first kappa shape index (κ1) is 12.8. The molecule has 0 atom stereocenters. The third kappa shape index (κ3) is 2.30. The number of nitrogens with one attached hydrogen (secondary N) is 1. The van der Waals surface area contributed by atoms with E-state index in [0.717, 1.165) is 22.4 Å². The molecule has 0 bridgehead atoms. The highest BCUT2D eigenvalue weighted by Crippen LogP contribution is 2.17. The predicted octanol–water partition coefficient (Wildman–Crippen LogP) is 2.85. The lowest BCUT2D eigenvalue weighted by Crippen LogP contribution is -2.02. The van der Waals surface area contributed by atoms with E-state index in [2.05, 4.69) is 15.0 Å². The van der Waals surface area contributed by atoms with E-state index in [0.29, 0.717) is 17.2 Å². The maximum absolute atomic E-state index is 5.36. The van der Waals surface area contributed by atoms with Crippen molar-refractivity contribution < 1.29 is 4.74 Å². The molecule has 0 aliphatic carbocycles. The molecule has 0 aliphatic heterocycles. The smallest absolute Gasteiger partial charge is 0.215 e. The lowest BCUT2D eigenvalue weighted by molar-refractivity contribution is 0.399. The summed E-state index contributed by atoms with van der Waals surface area (Å²) >= 11 is 5.36. The summed E-state index contributed by atoms with van der Waals surface area (Å²) in [5.74, 6) is 0.572. The van der Waals surface area contributed by atoms with Gasteiger partial charge in [-0.2, -0.15) is 4.98 Å². The minimum absolute atomic E-state index is 0.572. The van der Waals surface area contributed by atoms with Crippen LogP contribution >= 0.6 is 12.2 Å². The molecule has 3 heterocycles. The van der Waals surface area contributed by atoms with Crippen molar-refractivity contribution >= 4 is 23.4 Å². The molecule has 102 valence electrons. The van der Waals surface area contributed by atoms with Crippen LogP contribution in [0.2, 0.25) is 0 Å². The fourth-order valence-electron chi connectivity index (χ4n) is 2.05. The topological polar surface area (TPSA) is 55.7 Å². The molecule has 6 heteroatoms. The molecule has 3 aromatic rings. The van der Waals surface area contributed by atoms with Crippen LogP contribution in [0.4, 0.5) is 0 Å². The van der Waals surface area contributed by atoms with E-state index in [-0.39, 0.29) is 0 Å². The van der Waals surface area contributed by atoms with E-state index >= 15 is 0 Å². The molecular formula is C14H14N4OS. The Hall–Kier alpha value is -2.21. The summed E-state index contributed by atoms with van der Waals surface area (Å²) in [5.41, 5.74) is 3.76. The standard InChI is InChI=1S/C14H14N4OS/c1-9-3-4-10(7-15-9)8-18-13-11(16-14(18)20)5-6-12(17-13)19-2/h3-7H,8H2,1-2H3,(H,16,20). The number of H-pyrrole nitrogens is 1. The summed E-state index contributed by atoms with van der Waals surface area (Å²) in [5, 5.41) is 0. The predicted molar refractivity (Wildman–Crippen MR) is 79.5 cm³/mol. The minimum atomic E-state index is 0.572. The maximum atomic E-state index is 5.36. The molecule has 0 aliphatic rings. The lowest BCUT2D eigenvalue weighted by atomic mass is 10.2. The number of nitrogens with zero attached hydrogens (tertiary/aromatic N) is 3. The zero-order valence-corrected chi connectivity index (χ0v) is 12.1. The summed E-state index contributed by atoms with van der Waals surface area (Å²) in [6.07, 6.45) is 1.86.